The third kappa shape index (κ3) is 4.98. The number of hydrogen-bond acceptors (Lipinski definition) is 7. The molecule has 1 aromatic carbocycles. The van der Waals surface area contributed by atoms with E-state index in [-0.39, 0.29) is 29.6 Å². The third-order valence-corrected chi connectivity index (χ3v) is 8.65. The molecule has 0 N–H and O–H groups in total. The molecule has 1 amide bonds. The van der Waals surface area contributed by atoms with Crippen molar-refractivity contribution in [1.82, 2.24) is 19.4 Å². The number of carbonyl (C=O) groups excluding carboxylic acids is 1. The van der Waals surface area contributed by atoms with E-state index >= 15 is 0 Å². The van der Waals surface area contributed by atoms with Crippen LogP contribution in [0, 0.1) is 6.92 Å². The summed E-state index contributed by atoms with van der Waals surface area (Å²) in [5, 5.41) is 8.08. The van der Waals surface area contributed by atoms with Crippen LogP contribution in [0.3, 0.4) is 0 Å². The Morgan fingerprint density at radius 2 is 1.81 bits per heavy atom. The predicted octanol–water partition coefficient (Wildman–Crippen LogP) is 3.23. The molecule has 1 aliphatic rings. The molecule has 0 saturated carbocycles. The van der Waals surface area contributed by atoms with Crippen molar-refractivity contribution in [2.45, 2.75) is 24.0 Å². The normalized spacial score (nSPS) is 15.4. The van der Waals surface area contributed by atoms with Gasteiger partial charge in [0.05, 0.1) is 4.34 Å². The van der Waals surface area contributed by atoms with Gasteiger partial charge in [-0.2, -0.15) is 4.31 Å². The van der Waals surface area contributed by atoms with Crippen LogP contribution in [0.1, 0.15) is 17.9 Å². The first-order valence-electron chi connectivity index (χ1n) is 9.75. The molecule has 3 aromatic rings. The molecule has 3 heterocycles. The zero-order valence-electron chi connectivity index (χ0n) is 16.8. The highest BCUT2D eigenvalue weighted by Crippen LogP contribution is 2.28. The Morgan fingerprint density at radius 1 is 1.10 bits per heavy atom. The average molecular weight is 481 g/mol. The number of carbonyl (C=O) groups is 1. The summed E-state index contributed by atoms with van der Waals surface area (Å²) >= 11 is 6.90. The van der Waals surface area contributed by atoms with Gasteiger partial charge in [-0.05, 0) is 31.2 Å². The van der Waals surface area contributed by atoms with Gasteiger partial charge in [0.15, 0.2) is 0 Å². The number of aromatic nitrogens is 2. The van der Waals surface area contributed by atoms with Gasteiger partial charge in [-0.25, -0.2) is 8.42 Å². The van der Waals surface area contributed by atoms with E-state index in [9.17, 15) is 13.2 Å². The number of piperazine rings is 1. The molecule has 0 bridgehead atoms. The Balaban J connectivity index is 1.29. The summed E-state index contributed by atoms with van der Waals surface area (Å²) in [4.78, 5) is 14.2. The number of benzene rings is 1. The zero-order chi connectivity index (χ0) is 22.0. The smallest absolute Gasteiger partial charge is 0.252 e. The lowest BCUT2D eigenvalue weighted by molar-refractivity contribution is -0.132. The van der Waals surface area contributed by atoms with E-state index in [0.717, 1.165) is 22.5 Å². The standard InChI is InChI=1S/C20H21ClN4O4S2/c1-14-2-4-15(5-3-14)20-23-22-17(29-20)7-8-18(26)24-10-12-25(13-11-24)31(27,28)19-9-6-16(21)30-19/h2-6,9H,7-8,10-13H2,1H3. The summed E-state index contributed by atoms with van der Waals surface area (Å²) in [5.74, 6) is 0.765. The van der Waals surface area contributed by atoms with E-state index < -0.39 is 10.0 Å². The summed E-state index contributed by atoms with van der Waals surface area (Å²) in [6, 6.07) is 10.8. The second-order valence-electron chi connectivity index (χ2n) is 7.21. The van der Waals surface area contributed by atoms with Gasteiger partial charge in [0.2, 0.25) is 17.7 Å². The van der Waals surface area contributed by atoms with Crippen LogP contribution in [0.4, 0.5) is 0 Å². The van der Waals surface area contributed by atoms with Gasteiger partial charge < -0.3 is 9.32 Å². The third-order valence-electron chi connectivity index (χ3n) is 5.05. The maximum atomic E-state index is 12.7. The van der Waals surface area contributed by atoms with E-state index in [1.54, 1.807) is 11.0 Å². The van der Waals surface area contributed by atoms with Crippen LogP contribution in [0.5, 0.6) is 0 Å². The molecule has 1 saturated heterocycles. The van der Waals surface area contributed by atoms with Gasteiger partial charge in [-0.15, -0.1) is 21.5 Å². The summed E-state index contributed by atoms with van der Waals surface area (Å²) in [5.41, 5.74) is 1.97. The fraction of sp³-hybridized carbons (Fsp3) is 0.350. The quantitative estimate of drug-likeness (QED) is 0.537. The number of amides is 1. The molecule has 2 aromatic heterocycles. The highest BCUT2D eigenvalue weighted by Gasteiger charge is 2.31. The van der Waals surface area contributed by atoms with Crippen molar-refractivity contribution in [2.75, 3.05) is 26.2 Å². The predicted molar refractivity (Wildman–Crippen MR) is 117 cm³/mol. The first kappa shape index (κ1) is 21.9. The van der Waals surface area contributed by atoms with Gasteiger partial charge in [0.1, 0.15) is 4.21 Å². The van der Waals surface area contributed by atoms with Crippen molar-refractivity contribution in [3.63, 3.8) is 0 Å². The van der Waals surface area contributed by atoms with E-state index in [2.05, 4.69) is 10.2 Å². The molecule has 31 heavy (non-hydrogen) atoms. The molecule has 1 aliphatic heterocycles. The van der Waals surface area contributed by atoms with Crippen LogP contribution in [0.2, 0.25) is 4.34 Å². The second-order valence-corrected chi connectivity index (χ2v) is 11.1. The molecule has 11 heteroatoms. The number of halogens is 1. The van der Waals surface area contributed by atoms with Crippen LogP contribution < -0.4 is 0 Å². The minimum absolute atomic E-state index is 0.0636. The van der Waals surface area contributed by atoms with Crippen LogP contribution >= 0.6 is 22.9 Å². The molecule has 1 fully saturated rings. The lowest BCUT2D eigenvalue weighted by Crippen LogP contribution is -2.50. The fourth-order valence-electron chi connectivity index (χ4n) is 3.28. The van der Waals surface area contributed by atoms with Gasteiger partial charge in [0, 0.05) is 44.6 Å². The Labute approximate surface area is 189 Å². The van der Waals surface area contributed by atoms with Crippen LogP contribution in [-0.2, 0) is 21.2 Å². The monoisotopic (exact) mass is 480 g/mol. The Kier molecular flexibility index (Phi) is 6.42. The number of hydrogen-bond donors (Lipinski definition) is 0. The first-order valence-corrected chi connectivity index (χ1v) is 12.4. The van der Waals surface area contributed by atoms with Crippen LogP contribution in [0.15, 0.2) is 45.0 Å². The summed E-state index contributed by atoms with van der Waals surface area (Å²) < 4.78 is 33.1. The summed E-state index contributed by atoms with van der Waals surface area (Å²) in [7, 11) is -3.58. The molecule has 0 unspecified atom stereocenters. The van der Waals surface area contributed by atoms with Gasteiger partial charge in [0.25, 0.3) is 10.0 Å². The number of sulfonamides is 1. The largest absolute Gasteiger partial charge is 0.421 e. The molecule has 0 radical (unpaired) electrons. The van der Waals surface area contributed by atoms with Crippen molar-refractivity contribution in [2.24, 2.45) is 0 Å². The van der Waals surface area contributed by atoms with Crippen molar-refractivity contribution in [3.8, 4) is 11.5 Å². The molecule has 4 rings (SSSR count). The van der Waals surface area contributed by atoms with Gasteiger partial charge in [-0.1, -0.05) is 29.3 Å². The minimum atomic E-state index is -3.58. The van der Waals surface area contributed by atoms with Crippen molar-refractivity contribution < 1.29 is 17.6 Å². The number of nitrogens with zero attached hydrogens (tertiary/aromatic N) is 4. The molecule has 0 atom stereocenters. The Morgan fingerprint density at radius 3 is 2.45 bits per heavy atom. The van der Waals surface area contributed by atoms with Crippen molar-refractivity contribution >= 4 is 38.9 Å². The Bertz CT molecular complexity index is 1170. The highest BCUT2D eigenvalue weighted by molar-refractivity contribution is 7.91. The van der Waals surface area contributed by atoms with Crippen LogP contribution in [0.25, 0.3) is 11.5 Å². The molecule has 8 nitrogen and oxygen atoms in total. The second kappa shape index (κ2) is 9.07. The number of aryl methyl sites for hydroxylation is 2. The van der Waals surface area contributed by atoms with E-state index in [4.69, 9.17) is 16.0 Å². The topological polar surface area (TPSA) is 96.6 Å². The first-order chi connectivity index (χ1) is 14.8. The molecule has 164 valence electrons. The lowest BCUT2D eigenvalue weighted by atomic mass is 10.1. The lowest BCUT2D eigenvalue weighted by Gasteiger charge is -2.33. The Hall–Kier alpha value is -2.27. The van der Waals surface area contributed by atoms with E-state index in [0.29, 0.717) is 35.6 Å². The SMILES string of the molecule is Cc1ccc(-c2nnc(CCC(=O)N3CCN(S(=O)(=O)c4ccc(Cl)s4)CC3)o2)cc1. The van der Waals surface area contributed by atoms with Crippen LogP contribution in [-0.4, -0.2) is 59.9 Å². The number of rotatable bonds is 6. The van der Waals surface area contributed by atoms with Crippen molar-refractivity contribution in [3.05, 3.63) is 52.2 Å². The molecule has 0 aliphatic carbocycles. The summed E-state index contributed by atoms with van der Waals surface area (Å²) in [6.07, 6.45) is 0.562. The molecular weight excluding hydrogens is 460 g/mol. The minimum Gasteiger partial charge on any atom is -0.421 e. The average Bonchev–Trinajstić information content (AvgIpc) is 3.42. The van der Waals surface area contributed by atoms with E-state index in [1.807, 2.05) is 31.2 Å². The molecule has 0 spiro atoms. The summed E-state index contributed by atoms with van der Waals surface area (Å²) in [6.45, 7) is 3.19. The van der Waals surface area contributed by atoms with Crippen molar-refractivity contribution in [1.29, 1.82) is 0 Å². The van der Waals surface area contributed by atoms with Gasteiger partial charge >= 0.3 is 0 Å². The maximum absolute atomic E-state index is 12.7. The number of thiophene rings is 1. The highest BCUT2D eigenvalue weighted by atomic mass is 35.5. The maximum Gasteiger partial charge on any atom is 0.252 e. The van der Waals surface area contributed by atoms with E-state index in [1.165, 1.54) is 10.4 Å². The van der Waals surface area contributed by atoms with Gasteiger partial charge in [-0.3, -0.25) is 4.79 Å². The zero-order valence-corrected chi connectivity index (χ0v) is 19.2. The fourth-order valence-corrected chi connectivity index (χ4v) is 6.34. The molecular formula is C20H21ClN4O4S2.